The molecule has 0 spiro atoms. The van der Waals surface area contributed by atoms with Gasteiger partial charge < -0.3 is 9.88 Å². The van der Waals surface area contributed by atoms with Crippen LogP contribution in [0.1, 0.15) is 85.2 Å². The van der Waals surface area contributed by atoms with Gasteiger partial charge in [-0.25, -0.2) is 4.98 Å². The van der Waals surface area contributed by atoms with Gasteiger partial charge in [0.05, 0.1) is 18.2 Å². The summed E-state index contributed by atoms with van der Waals surface area (Å²) in [4.78, 5) is 20.6. The summed E-state index contributed by atoms with van der Waals surface area (Å²) in [6.07, 6.45) is 7.83. The molecular weight excluding hydrogens is 510 g/mol. The number of fused-ring (bicyclic) bond motifs is 1. The van der Waals surface area contributed by atoms with Crippen molar-refractivity contribution in [1.82, 2.24) is 25.1 Å². The average molecular weight is 546 g/mol. The molecule has 208 valence electrons. The number of hydrogen-bond donors (Lipinski definition) is 1. The van der Waals surface area contributed by atoms with E-state index in [1.54, 1.807) is 6.33 Å². The fourth-order valence-corrected chi connectivity index (χ4v) is 5.93. The Morgan fingerprint density at radius 1 is 1.07 bits per heavy atom. The van der Waals surface area contributed by atoms with Crippen LogP contribution in [0.5, 0.6) is 0 Å². The lowest BCUT2D eigenvalue weighted by Crippen LogP contribution is -2.29. The summed E-state index contributed by atoms with van der Waals surface area (Å²) >= 11 is 0. The number of aromatic nitrogens is 4. The maximum atomic E-state index is 13.8. The van der Waals surface area contributed by atoms with E-state index in [0.29, 0.717) is 29.7 Å². The third-order valence-corrected chi connectivity index (χ3v) is 8.89. The highest BCUT2D eigenvalue weighted by atomic mass is 16.2. The molecule has 1 atom stereocenters. The zero-order valence-electron chi connectivity index (χ0n) is 23.5. The highest BCUT2D eigenvalue weighted by Crippen LogP contribution is 2.43. The second kappa shape index (κ2) is 10.2. The first kappa shape index (κ1) is 25.6. The molecule has 8 nitrogen and oxygen atoms in total. The Balaban J connectivity index is 0.00000316. The first-order valence-electron chi connectivity index (χ1n) is 14.6. The van der Waals surface area contributed by atoms with Crippen LogP contribution in [0.4, 0.5) is 5.82 Å². The number of anilines is 1. The summed E-state index contributed by atoms with van der Waals surface area (Å²) in [6.45, 7) is 3.71. The summed E-state index contributed by atoms with van der Waals surface area (Å²) in [5, 5.41) is 21.6. The number of nitriles is 1. The second-order valence-corrected chi connectivity index (χ2v) is 11.8. The number of benzene rings is 2. The number of nitrogens with zero attached hydrogens (tertiary/aromatic N) is 6. The number of aryl methyl sites for hydroxylation is 1. The average Bonchev–Trinajstić information content (AvgIpc) is 3.66. The van der Waals surface area contributed by atoms with Gasteiger partial charge in [0.2, 0.25) is 0 Å². The maximum Gasteiger partial charge on any atom is 0.260 e. The van der Waals surface area contributed by atoms with Crippen LogP contribution in [0.15, 0.2) is 54.9 Å². The van der Waals surface area contributed by atoms with Gasteiger partial charge in [-0.1, -0.05) is 24.6 Å². The normalized spacial score (nSPS) is 17.3. The lowest BCUT2D eigenvalue weighted by Gasteiger charge is -2.27. The molecule has 0 bridgehead atoms. The van der Waals surface area contributed by atoms with Gasteiger partial charge in [-0.15, -0.1) is 10.2 Å². The Kier molecular flexibility index (Phi) is 6.40. The molecular formula is C33H35N7O. The van der Waals surface area contributed by atoms with Crippen LogP contribution < -0.4 is 10.2 Å². The summed E-state index contributed by atoms with van der Waals surface area (Å²) in [5.41, 5.74) is 7.21. The minimum atomic E-state index is -0.00667. The molecule has 7 rings (SSSR count). The molecule has 0 saturated heterocycles. The van der Waals surface area contributed by atoms with E-state index in [0.717, 1.165) is 64.4 Å². The Morgan fingerprint density at radius 2 is 1.93 bits per heavy atom. The van der Waals surface area contributed by atoms with E-state index < -0.39 is 0 Å². The van der Waals surface area contributed by atoms with E-state index in [4.69, 9.17) is 4.98 Å². The fraction of sp³-hybridized carbons (Fsp3) is 0.364. The lowest BCUT2D eigenvalue weighted by molar-refractivity contribution is 0.0996. The first-order chi connectivity index (χ1) is 20.0. The number of carbonyl (C=O) groups excluding carboxylic acids is 1. The van der Waals surface area contributed by atoms with Gasteiger partial charge in [-0.2, -0.15) is 5.26 Å². The van der Waals surface area contributed by atoms with Gasteiger partial charge in [0, 0.05) is 37.3 Å². The summed E-state index contributed by atoms with van der Waals surface area (Å²) in [5.74, 6) is 2.53. The molecule has 2 saturated carbocycles. The van der Waals surface area contributed by atoms with Crippen LogP contribution in [0.25, 0.3) is 22.5 Å². The minimum absolute atomic E-state index is 0. The van der Waals surface area contributed by atoms with Gasteiger partial charge in [0.15, 0.2) is 5.82 Å². The van der Waals surface area contributed by atoms with Crippen LogP contribution in [-0.4, -0.2) is 32.2 Å². The lowest BCUT2D eigenvalue weighted by atomic mass is 9.85. The molecule has 2 aromatic heterocycles. The quantitative estimate of drug-likeness (QED) is 0.285. The van der Waals surface area contributed by atoms with Crippen molar-refractivity contribution in [2.75, 3.05) is 11.4 Å². The molecule has 0 radical (unpaired) electrons. The van der Waals surface area contributed by atoms with Gasteiger partial charge in [0.25, 0.3) is 5.91 Å². The minimum Gasteiger partial charge on any atom is -0.317 e. The first-order valence-corrected chi connectivity index (χ1v) is 14.6. The van der Waals surface area contributed by atoms with Crippen molar-refractivity contribution >= 4 is 11.7 Å². The fourth-order valence-electron chi connectivity index (χ4n) is 5.93. The van der Waals surface area contributed by atoms with Crippen molar-refractivity contribution < 1.29 is 6.22 Å². The van der Waals surface area contributed by atoms with Crippen molar-refractivity contribution in [2.24, 2.45) is 13.0 Å². The number of pyridine rings is 1. The zero-order chi connectivity index (χ0) is 28.1. The molecule has 8 heteroatoms. The molecule has 41 heavy (non-hydrogen) atoms. The molecule has 2 aliphatic carbocycles. The zero-order valence-corrected chi connectivity index (χ0v) is 23.5. The second-order valence-electron chi connectivity index (χ2n) is 11.8. The predicted octanol–water partition coefficient (Wildman–Crippen LogP) is 6.15. The standard InChI is InChI=1S/C33H33N7O.H2/c1-20(35-17-21-4-3-5-21)24-9-10-25-18-40(33(41)28(25)13-24)31-15-26(14-30(37-31)23-7-8-23)27-11-6-22(16-34)12-29(27)32-38-36-19-39(32)2;/h6,9-15,19-21,23,35H,3-5,7-8,17-18H2,1-2H3;1H/t20-;/m0./s1. The largest absolute Gasteiger partial charge is 0.317 e. The number of hydrogen-bond acceptors (Lipinski definition) is 6. The number of carbonyl (C=O) groups is 1. The van der Waals surface area contributed by atoms with Gasteiger partial charge in [-0.05, 0) is 97.7 Å². The van der Waals surface area contributed by atoms with Gasteiger partial charge >= 0.3 is 0 Å². The van der Waals surface area contributed by atoms with Crippen LogP contribution in [0, 0.1) is 17.2 Å². The number of amides is 1. The SMILES string of the molecule is C[C@H](NCC1CCC1)c1ccc2c(c1)C(=O)N(c1cc(-c3ccc(C#N)cc3-c3nncn3C)cc(C3CC3)n1)C2.[HH]. The molecule has 2 aromatic carbocycles. The van der Waals surface area contributed by atoms with Crippen LogP contribution in [-0.2, 0) is 13.6 Å². The van der Waals surface area contributed by atoms with Crippen molar-refractivity contribution in [3.05, 3.63) is 82.8 Å². The number of rotatable bonds is 8. The number of nitrogens with one attached hydrogen (secondary N) is 1. The Hall–Kier alpha value is -4.35. The van der Waals surface area contributed by atoms with Gasteiger partial charge in [0.1, 0.15) is 12.1 Å². The molecule has 1 aliphatic heterocycles. The highest BCUT2D eigenvalue weighted by molar-refractivity contribution is 6.10. The Bertz CT molecular complexity index is 1700. The van der Waals surface area contributed by atoms with Crippen LogP contribution >= 0.6 is 0 Å². The molecule has 3 aliphatic rings. The third-order valence-electron chi connectivity index (χ3n) is 8.89. The topological polar surface area (TPSA) is 99.7 Å². The van der Waals surface area contributed by atoms with Crippen molar-refractivity contribution in [1.29, 1.82) is 5.26 Å². The maximum absolute atomic E-state index is 13.8. The smallest absolute Gasteiger partial charge is 0.260 e. The molecule has 3 heterocycles. The monoisotopic (exact) mass is 545 g/mol. The van der Waals surface area contributed by atoms with Crippen LogP contribution in [0.2, 0.25) is 0 Å². The summed E-state index contributed by atoms with van der Waals surface area (Å²) < 4.78 is 1.85. The molecule has 0 unspecified atom stereocenters. The van der Waals surface area contributed by atoms with Crippen molar-refractivity contribution in [2.45, 2.75) is 57.5 Å². The van der Waals surface area contributed by atoms with E-state index >= 15 is 0 Å². The Morgan fingerprint density at radius 3 is 2.63 bits per heavy atom. The van der Waals surface area contributed by atoms with Gasteiger partial charge in [-0.3, -0.25) is 9.69 Å². The van der Waals surface area contributed by atoms with Crippen molar-refractivity contribution in [3.63, 3.8) is 0 Å². The molecule has 1 amide bonds. The molecule has 1 N–H and O–H groups in total. The molecule has 2 fully saturated rings. The summed E-state index contributed by atoms with van der Waals surface area (Å²) in [7, 11) is 1.89. The third kappa shape index (κ3) is 4.81. The van der Waals surface area contributed by atoms with E-state index in [1.807, 2.05) is 40.8 Å². The predicted molar refractivity (Wildman–Crippen MR) is 159 cm³/mol. The highest BCUT2D eigenvalue weighted by Gasteiger charge is 2.33. The van der Waals surface area contributed by atoms with E-state index in [1.165, 1.54) is 19.3 Å². The van der Waals surface area contributed by atoms with E-state index in [9.17, 15) is 10.1 Å². The summed E-state index contributed by atoms with van der Waals surface area (Å²) in [6, 6.07) is 18.5. The van der Waals surface area contributed by atoms with Crippen LogP contribution in [0.3, 0.4) is 0 Å². The van der Waals surface area contributed by atoms with E-state index in [2.05, 4.69) is 52.8 Å². The van der Waals surface area contributed by atoms with E-state index in [-0.39, 0.29) is 13.4 Å². The van der Waals surface area contributed by atoms with Crippen molar-refractivity contribution in [3.8, 4) is 28.6 Å². The Labute approximate surface area is 241 Å². The molecule has 4 aromatic rings.